The molecule has 1 aromatic carbocycles. The smallest absolute Gasteiger partial charge is 0.407 e. The molecular weight excluding hydrogens is 316 g/mol. The van der Waals surface area contributed by atoms with Crippen molar-refractivity contribution in [1.29, 1.82) is 0 Å². The van der Waals surface area contributed by atoms with Gasteiger partial charge in [-0.3, -0.25) is 0 Å². The van der Waals surface area contributed by atoms with Crippen LogP contribution in [-0.2, 0) is 30.2 Å². The van der Waals surface area contributed by atoms with Crippen molar-refractivity contribution in [1.82, 2.24) is 5.32 Å². The molecule has 2 N–H and O–H groups in total. The van der Waals surface area contributed by atoms with Crippen LogP contribution in [-0.4, -0.2) is 44.9 Å². The maximum absolute atomic E-state index is 11.7. The van der Waals surface area contributed by atoms with Gasteiger partial charge >= 0.3 is 18.0 Å². The van der Waals surface area contributed by atoms with E-state index < -0.39 is 18.0 Å². The van der Waals surface area contributed by atoms with Crippen molar-refractivity contribution >= 4 is 23.7 Å². The predicted molar refractivity (Wildman–Crippen MR) is 84.2 cm³/mol. The lowest BCUT2D eigenvalue weighted by molar-refractivity contribution is -0.138. The van der Waals surface area contributed by atoms with Gasteiger partial charge in [-0.2, -0.15) is 0 Å². The topological polar surface area (TPSA) is 103 Å². The number of methoxy groups -OCH3 is 2. The molecule has 1 aliphatic rings. The van der Waals surface area contributed by atoms with Crippen LogP contribution in [0.4, 0.5) is 10.5 Å². The van der Waals surface area contributed by atoms with E-state index in [4.69, 9.17) is 4.74 Å². The fourth-order valence-corrected chi connectivity index (χ4v) is 2.13. The highest BCUT2D eigenvalue weighted by Crippen LogP contribution is 2.15. The summed E-state index contributed by atoms with van der Waals surface area (Å²) in [5, 5.41) is 5.52. The number of alkyl carbamates (subject to hydrolysis) is 1. The molecule has 1 amide bonds. The Morgan fingerprint density at radius 1 is 1.29 bits per heavy atom. The molecular formula is C16H18N2O6. The average molecular weight is 334 g/mol. The first-order valence-corrected chi connectivity index (χ1v) is 7.19. The minimum Gasteiger partial charge on any atom is -0.466 e. The first-order chi connectivity index (χ1) is 11.5. The van der Waals surface area contributed by atoms with Crippen LogP contribution in [0.5, 0.6) is 0 Å². The lowest BCUT2D eigenvalue weighted by atomic mass is 10.1. The zero-order valence-corrected chi connectivity index (χ0v) is 13.3. The number of benzene rings is 1. The number of hydrogen-bond donors (Lipinski definition) is 2. The molecule has 0 spiro atoms. The quantitative estimate of drug-likeness (QED) is 0.454. The van der Waals surface area contributed by atoms with Gasteiger partial charge in [-0.05, 0) is 24.1 Å². The molecule has 24 heavy (non-hydrogen) atoms. The average Bonchev–Trinajstić information content (AvgIpc) is 2.99. The second kappa shape index (κ2) is 8.00. The molecule has 2 rings (SSSR count). The van der Waals surface area contributed by atoms with Crippen molar-refractivity contribution in [2.24, 2.45) is 0 Å². The molecule has 1 atom stereocenters. The third-order valence-corrected chi connectivity index (χ3v) is 3.32. The van der Waals surface area contributed by atoms with E-state index in [1.807, 2.05) is 12.1 Å². The normalized spacial score (nSPS) is 16.8. The lowest BCUT2D eigenvalue weighted by Gasteiger charge is -2.11. The van der Waals surface area contributed by atoms with E-state index in [-0.39, 0.29) is 11.7 Å². The second-order valence-corrected chi connectivity index (χ2v) is 5.04. The van der Waals surface area contributed by atoms with Gasteiger partial charge in [0.2, 0.25) is 0 Å². The number of carbonyl (C=O) groups excluding carboxylic acids is 3. The van der Waals surface area contributed by atoms with Crippen molar-refractivity contribution in [2.75, 3.05) is 26.1 Å². The van der Waals surface area contributed by atoms with Gasteiger partial charge in [-0.25, -0.2) is 14.4 Å². The Morgan fingerprint density at radius 3 is 2.54 bits per heavy atom. The van der Waals surface area contributed by atoms with Crippen LogP contribution in [0.25, 0.3) is 0 Å². The van der Waals surface area contributed by atoms with Crippen molar-refractivity contribution in [2.45, 2.75) is 12.5 Å². The van der Waals surface area contributed by atoms with Crippen LogP contribution in [0.1, 0.15) is 5.56 Å². The molecule has 0 bridgehead atoms. The summed E-state index contributed by atoms with van der Waals surface area (Å²) in [5.41, 5.74) is 1.56. The first-order valence-electron chi connectivity index (χ1n) is 7.19. The van der Waals surface area contributed by atoms with E-state index in [2.05, 4.69) is 20.1 Å². The molecule has 0 saturated carbocycles. The molecule has 128 valence electrons. The van der Waals surface area contributed by atoms with E-state index in [9.17, 15) is 14.4 Å². The van der Waals surface area contributed by atoms with Crippen molar-refractivity contribution < 1.29 is 28.6 Å². The summed E-state index contributed by atoms with van der Waals surface area (Å²) < 4.78 is 14.0. The number of ether oxygens (including phenoxy) is 3. The van der Waals surface area contributed by atoms with E-state index >= 15 is 0 Å². The van der Waals surface area contributed by atoms with Gasteiger partial charge in [0.1, 0.15) is 12.3 Å². The number of cyclic esters (lactones) is 1. The Kier molecular flexibility index (Phi) is 5.78. The summed E-state index contributed by atoms with van der Waals surface area (Å²) in [6.07, 6.45) is 1.24. The fraction of sp³-hybridized carbons (Fsp3) is 0.312. The summed E-state index contributed by atoms with van der Waals surface area (Å²) in [4.78, 5) is 34.0. The maximum atomic E-state index is 11.7. The van der Waals surface area contributed by atoms with Gasteiger partial charge in [0.25, 0.3) is 0 Å². The second-order valence-electron chi connectivity index (χ2n) is 5.04. The molecule has 8 heteroatoms. The number of nitrogens with one attached hydrogen (secondary N) is 2. The van der Waals surface area contributed by atoms with Gasteiger partial charge < -0.3 is 24.8 Å². The summed E-state index contributed by atoms with van der Waals surface area (Å²) in [6.45, 7) is 0.340. The number of rotatable bonds is 6. The minimum atomic E-state index is -0.685. The Morgan fingerprint density at radius 2 is 2.00 bits per heavy atom. The van der Waals surface area contributed by atoms with Crippen LogP contribution in [0.2, 0.25) is 0 Å². The highest BCUT2D eigenvalue weighted by molar-refractivity contribution is 5.98. The van der Waals surface area contributed by atoms with Gasteiger partial charge in [0.05, 0.1) is 26.3 Å². The van der Waals surface area contributed by atoms with Crippen molar-refractivity contribution in [3.8, 4) is 0 Å². The van der Waals surface area contributed by atoms with Gasteiger partial charge in [-0.1, -0.05) is 12.1 Å². The standard InChI is InChI=1S/C16H18N2O6/c1-22-14(19)8-13(15(20)23-2)17-11-5-3-10(4-6-11)7-12-9-24-16(21)18-12/h3-6,8,12,17H,7,9H2,1-2H3,(H,18,21)/b13-8+. The lowest BCUT2D eigenvalue weighted by Crippen LogP contribution is -2.28. The van der Waals surface area contributed by atoms with Crippen LogP contribution in [0.15, 0.2) is 36.0 Å². The Hall–Kier alpha value is -3.03. The predicted octanol–water partition coefficient (Wildman–Crippen LogP) is 0.979. The van der Waals surface area contributed by atoms with Gasteiger partial charge in [-0.15, -0.1) is 0 Å². The van der Waals surface area contributed by atoms with E-state index in [1.54, 1.807) is 12.1 Å². The molecule has 0 radical (unpaired) electrons. The summed E-state index contributed by atoms with van der Waals surface area (Å²) in [7, 11) is 2.43. The van der Waals surface area contributed by atoms with Crippen LogP contribution < -0.4 is 10.6 Å². The molecule has 8 nitrogen and oxygen atoms in total. The highest BCUT2D eigenvalue weighted by atomic mass is 16.6. The number of anilines is 1. The molecule has 1 fully saturated rings. The number of amides is 1. The largest absolute Gasteiger partial charge is 0.466 e. The summed E-state index contributed by atoms with van der Waals surface area (Å²) in [5.74, 6) is -1.35. The highest BCUT2D eigenvalue weighted by Gasteiger charge is 2.22. The third kappa shape index (κ3) is 4.73. The van der Waals surface area contributed by atoms with E-state index in [0.29, 0.717) is 18.7 Å². The Labute approximate surface area is 138 Å². The molecule has 1 unspecified atom stereocenters. The fourth-order valence-electron chi connectivity index (χ4n) is 2.13. The number of esters is 2. The third-order valence-electron chi connectivity index (χ3n) is 3.32. The molecule has 0 aromatic heterocycles. The Bertz CT molecular complexity index is 653. The molecule has 1 aromatic rings. The SMILES string of the molecule is COC(=O)/C=C(/Nc1ccc(CC2COC(=O)N2)cc1)C(=O)OC. The minimum absolute atomic E-state index is 0.0337. The molecule has 1 aliphatic heterocycles. The molecule has 0 aliphatic carbocycles. The van der Waals surface area contributed by atoms with E-state index in [0.717, 1.165) is 11.6 Å². The number of hydrogen-bond acceptors (Lipinski definition) is 7. The van der Waals surface area contributed by atoms with Crippen LogP contribution in [0.3, 0.4) is 0 Å². The van der Waals surface area contributed by atoms with Crippen LogP contribution in [0, 0.1) is 0 Å². The monoisotopic (exact) mass is 334 g/mol. The van der Waals surface area contributed by atoms with Crippen molar-refractivity contribution in [3.63, 3.8) is 0 Å². The van der Waals surface area contributed by atoms with E-state index in [1.165, 1.54) is 14.2 Å². The van der Waals surface area contributed by atoms with Crippen molar-refractivity contribution in [3.05, 3.63) is 41.6 Å². The Balaban J connectivity index is 2.03. The van der Waals surface area contributed by atoms with Gasteiger partial charge in [0, 0.05) is 5.69 Å². The first kappa shape index (κ1) is 17.3. The number of carbonyl (C=O) groups is 3. The van der Waals surface area contributed by atoms with Gasteiger partial charge in [0.15, 0.2) is 0 Å². The molecule has 1 heterocycles. The zero-order valence-electron chi connectivity index (χ0n) is 13.3. The summed E-state index contributed by atoms with van der Waals surface area (Å²) >= 11 is 0. The zero-order chi connectivity index (χ0) is 17.5. The summed E-state index contributed by atoms with van der Waals surface area (Å²) in [6, 6.07) is 7.14. The maximum Gasteiger partial charge on any atom is 0.407 e. The van der Waals surface area contributed by atoms with Crippen LogP contribution >= 0.6 is 0 Å². The molecule has 1 saturated heterocycles.